The van der Waals surface area contributed by atoms with E-state index in [4.69, 9.17) is 0 Å². The lowest BCUT2D eigenvalue weighted by Crippen LogP contribution is -2.45. The molecular formula is C22H23FN2O5S. The second-order valence-corrected chi connectivity index (χ2v) is 9.96. The molecule has 9 heteroatoms. The number of amides is 1. The summed E-state index contributed by atoms with van der Waals surface area (Å²) in [7, 11) is -3.97. The Morgan fingerprint density at radius 1 is 1.03 bits per heavy atom. The molecule has 0 unspecified atom stereocenters. The molecule has 2 N–H and O–H groups in total. The molecule has 31 heavy (non-hydrogen) atoms. The fourth-order valence-electron chi connectivity index (χ4n) is 4.08. The number of aromatic carboxylic acids is 1. The Bertz CT molecular complexity index is 1100. The summed E-state index contributed by atoms with van der Waals surface area (Å²) in [4.78, 5) is 24.0. The fraction of sp³-hybridized carbons (Fsp3) is 0.364. The van der Waals surface area contributed by atoms with Crippen molar-refractivity contribution in [2.45, 2.75) is 36.1 Å². The molecule has 0 aromatic heterocycles. The molecule has 1 amide bonds. The number of carboxylic acid groups (broad SMARTS) is 1. The molecule has 1 heterocycles. The van der Waals surface area contributed by atoms with Gasteiger partial charge in [-0.3, -0.25) is 4.79 Å². The van der Waals surface area contributed by atoms with Gasteiger partial charge in [0, 0.05) is 19.0 Å². The number of benzene rings is 2. The number of carbonyl (C=O) groups is 2. The summed E-state index contributed by atoms with van der Waals surface area (Å²) in [6.45, 7) is 0.274. The molecule has 7 nitrogen and oxygen atoms in total. The number of nitrogens with zero attached hydrogens (tertiary/aromatic N) is 1. The van der Waals surface area contributed by atoms with Gasteiger partial charge in [0.15, 0.2) is 0 Å². The predicted octanol–water partition coefficient (Wildman–Crippen LogP) is 2.73. The Morgan fingerprint density at radius 2 is 1.65 bits per heavy atom. The first-order chi connectivity index (χ1) is 14.7. The first-order valence-electron chi connectivity index (χ1n) is 10.1. The van der Waals surface area contributed by atoms with Crippen LogP contribution in [-0.2, 0) is 20.4 Å². The van der Waals surface area contributed by atoms with Crippen LogP contribution in [0.1, 0.15) is 41.6 Å². The third-order valence-electron chi connectivity index (χ3n) is 6.07. The molecule has 0 bridgehead atoms. The zero-order valence-corrected chi connectivity index (χ0v) is 17.6. The Balaban J connectivity index is 1.41. The van der Waals surface area contributed by atoms with Crippen molar-refractivity contribution in [2.24, 2.45) is 5.92 Å². The van der Waals surface area contributed by atoms with Gasteiger partial charge >= 0.3 is 5.97 Å². The van der Waals surface area contributed by atoms with Gasteiger partial charge in [-0.15, -0.1) is 0 Å². The Labute approximate surface area is 179 Å². The number of carbonyl (C=O) groups excluding carboxylic acids is 1. The van der Waals surface area contributed by atoms with Crippen molar-refractivity contribution in [3.63, 3.8) is 0 Å². The predicted molar refractivity (Wildman–Crippen MR) is 110 cm³/mol. The standard InChI is InChI=1S/C22H23FN2O5S/c23-17-7-5-16(6-8-17)22(11-12-22)24-20(26)15-9-13-25(14-10-15)31(29,30)19-4-2-1-3-18(19)21(27)28/h1-8,15H,9-14H2,(H,24,26)(H,27,28). The smallest absolute Gasteiger partial charge is 0.337 e. The van der Waals surface area contributed by atoms with Gasteiger partial charge in [-0.05, 0) is 55.5 Å². The molecule has 0 spiro atoms. The van der Waals surface area contributed by atoms with E-state index in [-0.39, 0.29) is 41.2 Å². The lowest BCUT2D eigenvalue weighted by Gasteiger charge is -2.32. The Morgan fingerprint density at radius 3 is 2.23 bits per heavy atom. The Kier molecular flexibility index (Phi) is 5.57. The molecule has 1 aliphatic heterocycles. The van der Waals surface area contributed by atoms with Crippen LogP contribution in [-0.4, -0.2) is 42.8 Å². The van der Waals surface area contributed by atoms with Gasteiger partial charge in [-0.2, -0.15) is 4.31 Å². The SMILES string of the molecule is O=C(O)c1ccccc1S(=O)(=O)N1CCC(C(=O)NC2(c3ccc(F)cc3)CC2)CC1. The molecule has 2 aliphatic rings. The van der Waals surface area contributed by atoms with E-state index in [0.29, 0.717) is 12.8 Å². The molecule has 1 aliphatic carbocycles. The van der Waals surface area contributed by atoms with Crippen LogP contribution in [0.4, 0.5) is 4.39 Å². The summed E-state index contributed by atoms with van der Waals surface area (Å²) in [5.74, 6) is -2.10. The normalized spacial score (nSPS) is 19.0. The van der Waals surface area contributed by atoms with Crippen LogP contribution in [0.3, 0.4) is 0 Å². The topological polar surface area (TPSA) is 104 Å². The van der Waals surface area contributed by atoms with Crippen molar-refractivity contribution in [2.75, 3.05) is 13.1 Å². The van der Waals surface area contributed by atoms with Gasteiger partial charge in [0.25, 0.3) is 0 Å². The minimum Gasteiger partial charge on any atom is -0.478 e. The number of sulfonamides is 1. The highest BCUT2D eigenvalue weighted by Crippen LogP contribution is 2.46. The second kappa shape index (κ2) is 8.05. The summed E-state index contributed by atoms with van der Waals surface area (Å²) >= 11 is 0. The maximum atomic E-state index is 13.2. The van der Waals surface area contributed by atoms with Crippen LogP contribution in [0, 0.1) is 11.7 Å². The van der Waals surface area contributed by atoms with E-state index in [0.717, 1.165) is 18.4 Å². The third-order valence-corrected chi connectivity index (χ3v) is 8.03. The number of hydrogen-bond donors (Lipinski definition) is 2. The summed E-state index contributed by atoms with van der Waals surface area (Å²) in [5, 5.41) is 12.4. The highest BCUT2D eigenvalue weighted by atomic mass is 32.2. The van der Waals surface area contributed by atoms with Crippen molar-refractivity contribution in [1.82, 2.24) is 9.62 Å². The quantitative estimate of drug-likeness (QED) is 0.710. The largest absolute Gasteiger partial charge is 0.478 e. The molecule has 4 rings (SSSR count). The van der Waals surface area contributed by atoms with Gasteiger partial charge in [-0.1, -0.05) is 24.3 Å². The minimum absolute atomic E-state index is 0.134. The number of hydrogen-bond acceptors (Lipinski definition) is 4. The molecule has 2 fully saturated rings. The van der Waals surface area contributed by atoms with E-state index in [1.165, 1.54) is 40.7 Å². The number of carboxylic acids is 1. The molecular weight excluding hydrogens is 423 g/mol. The summed E-state index contributed by atoms with van der Waals surface area (Å²) < 4.78 is 40.4. The molecule has 164 valence electrons. The van der Waals surface area contributed by atoms with E-state index in [1.807, 2.05) is 0 Å². The van der Waals surface area contributed by atoms with Crippen molar-refractivity contribution in [3.8, 4) is 0 Å². The van der Waals surface area contributed by atoms with E-state index >= 15 is 0 Å². The number of nitrogens with one attached hydrogen (secondary N) is 1. The molecule has 1 saturated heterocycles. The molecule has 0 atom stereocenters. The van der Waals surface area contributed by atoms with Gasteiger partial charge in [0.2, 0.25) is 15.9 Å². The zero-order chi connectivity index (χ0) is 22.2. The lowest BCUT2D eigenvalue weighted by molar-refractivity contribution is -0.127. The molecule has 2 aromatic carbocycles. The van der Waals surface area contributed by atoms with Crippen LogP contribution < -0.4 is 5.32 Å². The summed E-state index contributed by atoms with van der Waals surface area (Å²) in [6, 6.07) is 11.6. The van der Waals surface area contributed by atoms with Crippen LogP contribution in [0.15, 0.2) is 53.4 Å². The van der Waals surface area contributed by atoms with E-state index < -0.39 is 21.5 Å². The van der Waals surface area contributed by atoms with Crippen molar-refractivity contribution in [1.29, 1.82) is 0 Å². The summed E-state index contributed by atoms with van der Waals surface area (Å²) in [5.41, 5.74) is 0.138. The minimum atomic E-state index is -3.97. The number of piperidine rings is 1. The average molecular weight is 447 g/mol. The third kappa shape index (κ3) is 4.20. The first-order valence-corrected chi connectivity index (χ1v) is 11.6. The van der Waals surface area contributed by atoms with E-state index in [1.54, 1.807) is 12.1 Å². The van der Waals surface area contributed by atoms with Gasteiger partial charge in [0.05, 0.1) is 16.0 Å². The van der Waals surface area contributed by atoms with Crippen molar-refractivity contribution < 1.29 is 27.5 Å². The molecule has 2 aromatic rings. The highest BCUT2D eigenvalue weighted by molar-refractivity contribution is 7.89. The lowest BCUT2D eigenvalue weighted by atomic mass is 9.95. The van der Waals surface area contributed by atoms with E-state index in [2.05, 4.69) is 5.32 Å². The molecule has 0 radical (unpaired) electrons. The van der Waals surface area contributed by atoms with Crippen LogP contribution in [0.5, 0.6) is 0 Å². The van der Waals surface area contributed by atoms with Crippen molar-refractivity contribution >= 4 is 21.9 Å². The monoisotopic (exact) mass is 446 g/mol. The van der Waals surface area contributed by atoms with Crippen LogP contribution in [0.25, 0.3) is 0 Å². The van der Waals surface area contributed by atoms with Gasteiger partial charge in [0.1, 0.15) is 5.82 Å². The second-order valence-electron chi connectivity index (χ2n) is 8.06. The summed E-state index contributed by atoms with van der Waals surface area (Å²) in [6.07, 6.45) is 2.26. The van der Waals surface area contributed by atoms with E-state index in [9.17, 15) is 27.5 Å². The maximum Gasteiger partial charge on any atom is 0.337 e. The fourth-order valence-corrected chi connectivity index (χ4v) is 5.74. The maximum absolute atomic E-state index is 13.2. The van der Waals surface area contributed by atoms with Crippen molar-refractivity contribution in [3.05, 3.63) is 65.5 Å². The van der Waals surface area contributed by atoms with Crippen LogP contribution >= 0.6 is 0 Å². The molecule has 1 saturated carbocycles. The highest BCUT2D eigenvalue weighted by Gasteiger charge is 2.47. The number of halogens is 1. The van der Waals surface area contributed by atoms with Gasteiger partial charge in [-0.25, -0.2) is 17.6 Å². The Hall–Kier alpha value is -2.78. The van der Waals surface area contributed by atoms with Gasteiger partial charge < -0.3 is 10.4 Å². The zero-order valence-electron chi connectivity index (χ0n) is 16.8. The number of rotatable bonds is 6. The first kappa shape index (κ1) is 21.5. The average Bonchev–Trinajstić information content (AvgIpc) is 3.54. The van der Waals surface area contributed by atoms with Crippen LogP contribution in [0.2, 0.25) is 0 Å².